The van der Waals surface area contributed by atoms with E-state index in [0.717, 1.165) is 13.1 Å². The average molecular weight is 274 g/mol. The maximum Gasteiger partial charge on any atom is 0.0755 e. The van der Waals surface area contributed by atoms with Crippen molar-refractivity contribution < 1.29 is 5.32 Å². The topological polar surface area (TPSA) is 19.9 Å². The monoisotopic (exact) mass is 274 g/mol. The number of nitrogens with zero attached hydrogens (tertiary/aromatic N) is 1. The largest absolute Gasteiger partial charge is 0.411 e. The molecule has 2 nitrogen and oxygen atoms in total. The van der Waals surface area contributed by atoms with Gasteiger partial charge in [0.1, 0.15) is 0 Å². The highest BCUT2D eigenvalue weighted by Gasteiger charge is 2.04. The van der Waals surface area contributed by atoms with Crippen molar-refractivity contribution in [2.45, 2.75) is 51.4 Å². The molecule has 0 saturated carbocycles. The molecule has 0 radical (unpaired) electrons. The summed E-state index contributed by atoms with van der Waals surface area (Å²) in [7, 11) is 0. The second kappa shape index (κ2) is 10.0. The third kappa shape index (κ3) is 7.90. The van der Waals surface area contributed by atoms with E-state index in [-0.39, 0.29) is 0 Å². The van der Waals surface area contributed by atoms with Gasteiger partial charge in [-0.1, -0.05) is 17.2 Å². The van der Waals surface area contributed by atoms with Crippen molar-refractivity contribution in [3.63, 3.8) is 0 Å². The van der Waals surface area contributed by atoms with Gasteiger partial charge in [-0.05, 0) is 38.5 Å². The van der Waals surface area contributed by atoms with Crippen LogP contribution in [0.2, 0.25) is 0 Å². The molecule has 0 aromatic carbocycles. The van der Waals surface area contributed by atoms with Gasteiger partial charge in [0.15, 0.2) is 0 Å². The van der Waals surface area contributed by atoms with Crippen LogP contribution in [0.4, 0.5) is 0 Å². The summed E-state index contributed by atoms with van der Waals surface area (Å²) < 4.78 is 0.655. The summed E-state index contributed by atoms with van der Waals surface area (Å²) in [5.41, 5.74) is 0. The average Bonchev–Trinajstić information content (AvgIpc) is 2.77. The minimum absolute atomic E-state index is 0.655. The highest BCUT2D eigenvalue weighted by atomic mass is 32.1. The number of thiocarbonyl (C=S) groups is 1. The molecule has 2 aliphatic rings. The quantitative estimate of drug-likeness (QED) is 0.537. The van der Waals surface area contributed by atoms with Crippen molar-refractivity contribution in [3.8, 4) is 0 Å². The van der Waals surface area contributed by atoms with Gasteiger partial charge in [-0.3, -0.25) is 0 Å². The van der Waals surface area contributed by atoms with Crippen LogP contribution in [-0.4, -0.2) is 35.4 Å². The fourth-order valence-corrected chi connectivity index (χ4v) is 2.69. The molecule has 2 fully saturated rings. The third-order valence-corrected chi connectivity index (χ3v) is 3.95. The van der Waals surface area contributed by atoms with Crippen LogP contribution < -0.4 is 5.32 Å². The SMILES string of the molecule is C1CCC[NH2+]CC1.S=C([S-])N1CCCCCC1. The molecule has 0 aromatic rings. The molecule has 2 rings (SSSR count). The van der Waals surface area contributed by atoms with E-state index < -0.39 is 0 Å². The molecule has 0 aliphatic carbocycles. The summed E-state index contributed by atoms with van der Waals surface area (Å²) in [5, 5.41) is 2.42. The molecule has 2 aliphatic heterocycles. The van der Waals surface area contributed by atoms with Gasteiger partial charge in [0, 0.05) is 13.1 Å². The molecule has 17 heavy (non-hydrogen) atoms. The van der Waals surface area contributed by atoms with Crippen molar-refractivity contribution in [2.75, 3.05) is 26.2 Å². The Balaban J connectivity index is 0.000000181. The second-order valence-electron chi connectivity index (χ2n) is 4.95. The Morgan fingerprint density at radius 3 is 1.76 bits per heavy atom. The zero-order valence-electron chi connectivity index (χ0n) is 10.8. The lowest BCUT2D eigenvalue weighted by Crippen LogP contribution is -2.83. The van der Waals surface area contributed by atoms with Crippen LogP contribution in [0.15, 0.2) is 0 Å². The Bertz CT molecular complexity index is 182. The number of nitrogens with two attached hydrogens (primary N) is 1. The molecule has 0 amide bonds. The van der Waals surface area contributed by atoms with Crippen LogP contribution in [0, 0.1) is 0 Å². The van der Waals surface area contributed by atoms with Crippen LogP contribution in [0.25, 0.3) is 0 Å². The molecule has 0 unspecified atom stereocenters. The Labute approximate surface area is 117 Å². The van der Waals surface area contributed by atoms with Gasteiger partial charge in [-0.2, -0.15) is 0 Å². The number of likely N-dealkylation sites (tertiary alicyclic amines) is 1. The van der Waals surface area contributed by atoms with Crippen LogP contribution >= 0.6 is 12.2 Å². The van der Waals surface area contributed by atoms with Crippen molar-refractivity contribution in [2.24, 2.45) is 0 Å². The van der Waals surface area contributed by atoms with Crippen molar-refractivity contribution in [1.29, 1.82) is 0 Å². The van der Waals surface area contributed by atoms with E-state index in [4.69, 9.17) is 24.8 Å². The first kappa shape index (κ1) is 15.1. The first-order valence-electron chi connectivity index (χ1n) is 7.08. The Hall–Kier alpha value is 0.0700. The summed E-state index contributed by atoms with van der Waals surface area (Å²) in [6.07, 6.45) is 11.0. The molecule has 0 bridgehead atoms. The fourth-order valence-electron chi connectivity index (χ4n) is 2.33. The van der Waals surface area contributed by atoms with E-state index in [9.17, 15) is 0 Å². The molecule has 2 heterocycles. The zero-order chi connectivity index (χ0) is 12.3. The maximum absolute atomic E-state index is 4.92. The number of rotatable bonds is 0. The minimum atomic E-state index is 0.655. The number of hydrogen-bond donors (Lipinski definition) is 1. The highest BCUT2D eigenvalue weighted by molar-refractivity contribution is 8.00. The summed E-state index contributed by atoms with van der Waals surface area (Å²) >= 11 is 9.83. The zero-order valence-corrected chi connectivity index (χ0v) is 12.5. The second-order valence-corrected chi connectivity index (χ2v) is 5.98. The van der Waals surface area contributed by atoms with Gasteiger partial charge in [0.05, 0.1) is 13.1 Å². The van der Waals surface area contributed by atoms with Crippen molar-refractivity contribution in [1.82, 2.24) is 4.90 Å². The molecule has 2 saturated heterocycles. The molecule has 0 aromatic heterocycles. The first-order chi connectivity index (χ1) is 8.30. The van der Waals surface area contributed by atoms with Gasteiger partial charge in [-0.15, -0.1) is 0 Å². The predicted octanol–water partition coefficient (Wildman–Crippen LogP) is 1.82. The highest BCUT2D eigenvalue weighted by Crippen LogP contribution is 2.09. The van der Waals surface area contributed by atoms with E-state index in [1.807, 2.05) is 0 Å². The lowest BCUT2D eigenvalue weighted by atomic mass is 10.2. The van der Waals surface area contributed by atoms with Crippen molar-refractivity contribution >= 4 is 29.2 Å². The Morgan fingerprint density at radius 2 is 1.29 bits per heavy atom. The summed E-state index contributed by atoms with van der Waals surface area (Å²) in [6.45, 7) is 4.92. The number of hydrogen-bond acceptors (Lipinski definition) is 2. The smallest absolute Gasteiger partial charge is 0.0755 e. The summed E-state index contributed by atoms with van der Waals surface area (Å²) in [5.74, 6) is 0. The molecule has 4 heteroatoms. The number of quaternary nitrogens is 1. The Morgan fingerprint density at radius 1 is 0.824 bits per heavy atom. The van der Waals surface area contributed by atoms with Gasteiger partial charge in [0.25, 0.3) is 0 Å². The third-order valence-electron chi connectivity index (χ3n) is 3.43. The fraction of sp³-hybridized carbons (Fsp3) is 0.923. The summed E-state index contributed by atoms with van der Waals surface area (Å²) in [6, 6.07) is 0. The summed E-state index contributed by atoms with van der Waals surface area (Å²) in [4.78, 5) is 2.14. The van der Waals surface area contributed by atoms with E-state index in [2.05, 4.69) is 10.2 Å². The molecule has 0 spiro atoms. The van der Waals surface area contributed by atoms with Gasteiger partial charge < -0.3 is 35.1 Å². The van der Waals surface area contributed by atoms with Crippen LogP contribution in [0.1, 0.15) is 51.4 Å². The predicted molar refractivity (Wildman–Crippen MR) is 80.1 cm³/mol. The lowest BCUT2D eigenvalue weighted by Gasteiger charge is -2.26. The molecular formula is C13H26N2S2. The molecule has 100 valence electrons. The van der Waals surface area contributed by atoms with E-state index >= 15 is 0 Å². The van der Waals surface area contributed by atoms with E-state index in [1.54, 1.807) is 0 Å². The van der Waals surface area contributed by atoms with Gasteiger partial charge >= 0.3 is 0 Å². The molecule has 0 atom stereocenters. The van der Waals surface area contributed by atoms with E-state index in [0.29, 0.717) is 4.32 Å². The lowest BCUT2D eigenvalue weighted by molar-refractivity contribution is -0.653. The maximum atomic E-state index is 4.92. The van der Waals surface area contributed by atoms with Crippen molar-refractivity contribution in [3.05, 3.63) is 0 Å². The molecule has 2 N–H and O–H groups in total. The van der Waals surface area contributed by atoms with Crippen LogP contribution in [-0.2, 0) is 12.6 Å². The Kier molecular flexibility index (Phi) is 8.93. The van der Waals surface area contributed by atoms with Gasteiger partial charge in [-0.25, -0.2) is 0 Å². The first-order valence-corrected chi connectivity index (χ1v) is 7.90. The van der Waals surface area contributed by atoms with E-state index in [1.165, 1.54) is 64.5 Å². The van der Waals surface area contributed by atoms with Gasteiger partial charge in [0.2, 0.25) is 0 Å². The standard InChI is InChI=1S/C7H13NS2.C6H13N/c9-7(10)8-5-3-1-2-4-6-8;1-2-4-6-7-5-3-1/h1-6H2,(H,9,10);7H,1-6H2. The minimum Gasteiger partial charge on any atom is -0.411 e. The van der Waals surface area contributed by atoms with Crippen LogP contribution in [0.5, 0.6) is 0 Å². The van der Waals surface area contributed by atoms with Crippen LogP contribution in [0.3, 0.4) is 0 Å². The normalized spacial score (nSPS) is 21.8. The molecular weight excluding hydrogens is 248 g/mol.